The van der Waals surface area contributed by atoms with E-state index >= 15 is 0 Å². The zero-order valence-corrected chi connectivity index (χ0v) is 12.5. The molecule has 3 nitrogen and oxygen atoms in total. The Labute approximate surface area is 113 Å². The molecule has 0 radical (unpaired) electrons. The van der Waals surface area contributed by atoms with E-state index in [0.29, 0.717) is 13.2 Å². The number of hydrogen-bond donors (Lipinski definition) is 2. The lowest BCUT2D eigenvalue weighted by atomic mass is 10.1. The predicted molar refractivity (Wildman–Crippen MR) is 77.6 cm³/mol. The maximum absolute atomic E-state index is 8.93. The molecule has 0 unspecified atom stereocenters. The van der Waals surface area contributed by atoms with E-state index in [1.54, 1.807) is 0 Å². The van der Waals surface area contributed by atoms with Crippen LogP contribution in [-0.4, -0.2) is 55.1 Å². The maximum atomic E-state index is 8.93. The highest BCUT2D eigenvalue weighted by Gasteiger charge is 2.12. The third-order valence-corrected chi connectivity index (χ3v) is 3.63. The van der Waals surface area contributed by atoms with E-state index in [-0.39, 0.29) is 0 Å². The maximum Gasteiger partial charge on any atom is 0.102 e. The lowest BCUT2D eigenvalue weighted by Crippen LogP contribution is -2.42. The molecule has 0 aromatic heterocycles. The van der Waals surface area contributed by atoms with Crippen LogP contribution in [0.3, 0.4) is 0 Å². The molecule has 0 saturated heterocycles. The van der Waals surface area contributed by atoms with Crippen LogP contribution in [0.4, 0.5) is 0 Å². The summed E-state index contributed by atoms with van der Waals surface area (Å²) < 4.78 is 0.942. The molecule has 0 aliphatic heterocycles. The summed E-state index contributed by atoms with van der Waals surface area (Å²) in [5, 5.41) is 17.6. The van der Waals surface area contributed by atoms with Gasteiger partial charge in [0.2, 0.25) is 0 Å². The van der Waals surface area contributed by atoms with Crippen LogP contribution in [0.2, 0.25) is 0 Å². The van der Waals surface area contributed by atoms with Crippen molar-refractivity contribution in [3.05, 3.63) is 0 Å². The van der Waals surface area contributed by atoms with E-state index in [4.69, 9.17) is 10.2 Å². The predicted octanol–water partition coefficient (Wildman–Crippen LogP) is 2.56. The third-order valence-electron chi connectivity index (χ3n) is 3.63. The Kier molecular flexibility index (Phi) is 11.9. The van der Waals surface area contributed by atoms with Gasteiger partial charge >= 0.3 is 0 Å². The molecule has 0 spiro atoms. The Hall–Kier alpha value is -0.120. The van der Waals surface area contributed by atoms with Crippen molar-refractivity contribution in [1.29, 1.82) is 0 Å². The minimum absolute atomic E-state index is 0.292. The van der Waals surface area contributed by atoms with Crippen molar-refractivity contribution in [3.63, 3.8) is 0 Å². The molecule has 0 aromatic carbocycles. The van der Waals surface area contributed by atoms with Gasteiger partial charge in [-0.25, -0.2) is 0 Å². The van der Waals surface area contributed by atoms with Gasteiger partial charge < -0.3 is 14.7 Å². The first-order valence-corrected chi connectivity index (χ1v) is 7.66. The van der Waals surface area contributed by atoms with Crippen LogP contribution in [0.5, 0.6) is 0 Å². The highest BCUT2D eigenvalue weighted by atomic mass is 16.3. The molecule has 0 aliphatic rings. The second kappa shape index (κ2) is 11.9. The Morgan fingerprint density at radius 1 is 0.556 bits per heavy atom. The van der Waals surface area contributed by atoms with Gasteiger partial charge in [-0.15, -0.1) is 0 Å². The molecular formula is C15H34NO2+. The molecule has 0 bridgehead atoms. The van der Waals surface area contributed by atoms with Crippen LogP contribution in [0.25, 0.3) is 0 Å². The summed E-state index contributed by atoms with van der Waals surface area (Å²) in [6.07, 6.45) is 11.4. The molecule has 0 aromatic rings. The fraction of sp³-hybridized carbons (Fsp3) is 1.00. The number of hydrogen-bond acceptors (Lipinski definition) is 2. The summed E-state index contributed by atoms with van der Waals surface area (Å²) in [7, 11) is 4.38. The van der Waals surface area contributed by atoms with Gasteiger partial charge in [-0.3, -0.25) is 0 Å². The Bertz CT molecular complexity index is 172. The van der Waals surface area contributed by atoms with Gasteiger partial charge in [-0.05, 0) is 19.3 Å². The Morgan fingerprint density at radius 3 is 1.44 bits per heavy atom. The number of aliphatic hydroxyl groups excluding tert-OH is 2. The molecule has 0 heterocycles. The van der Waals surface area contributed by atoms with Gasteiger partial charge in [0.05, 0.1) is 27.2 Å². The SMILES string of the molecule is C[N+](C)(CCO)CCCCCCCCCCCO. The largest absolute Gasteiger partial charge is 0.396 e. The molecule has 110 valence electrons. The number of aliphatic hydroxyl groups is 2. The lowest BCUT2D eigenvalue weighted by Gasteiger charge is -2.28. The van der Waals surface area contributed by atoms with Crippen LogP contribution < -0.4 is 0 Å². The zero-order valence-electron chi connectivity index (χ0n) is 12.5. The summed E-state index contributed by atoms with van der Waals surface area (Å²) in [5.74, 6) is 0. The normalized spacial score (nSPS) is 12.0. The molecular weight excluding hydrogens is 226 g/mol. The first-order chi connectivity index (χ1) is 8.62. The number of likely N-dealkylation sites (N-methyl/N-ethyl adjacent to an activating group) is 1. The highest BCUT2D eigenvalue weighted by molar-refractivity contribution is 4.47. The second-order valence-corrected chi connectivity index (χ2v) is 6.01. The number of unbranched alkanes of at least 4 members (excludes halogenated alkanes) is 8. The minimum atomic E-state index is 0.292. The van der Waals surface area contributed by atoms with Crippen molar-refractivity contribution in [2.45, 2.75) is 57.8 Å². The fourth-order valence-electron chi connectivity index (χ4n) is 2.27. The van der Waals surface area contributed by atoms with Crippen LogP contribution in [-0.2, 0) is 0 Å². The molecule has 0 rings (SSSR count). The third kappa shape index (κ3) is 12.3. The molecule has 0 aliphatic carbocycles. The quantitative estimate of drug-likeness (QED) is 0.395. The van der Waals surface area contributed by atoms with E-state index < -0.39 is 0 Å². The standard InChI is InChI=1S/C15H34NO2/c1-16(2,13-15-18)12-10-8-6-4-3-5-7-9-11-14-17/h17-18H,3-15H2,1-2H3/q+1. The van der Waals surface area contributed by atoms with Gasteiger partial charge in [-0.2, -0.15) is 0 Å². The lowest BCUT2D eigenvalue weighted by molar-refractivity contribution is -0.890. The van der Waals surface area contributed by atoms with Gasteiger partial charge in [0.25, 0.3) is 0 Å². The fourth-order valence-corrected chi connectivity index (χ4v) is 2.27. The van der Waals surface area contributed by atoms with Gasteiger partial charge in [0, 0.05) is 6.61 Å². The van der Waals surface area contributed by atoms with Crippen molar-refractivity contribution >= 4 is 0 Å². The van der Waals surface area contributed by atoms with Crippen molar-refractivity contribution in [2.24, 2.45) is 0 Å². The van der Waals surface area contributed by atoms with Gasteiger partial charge in [-0.1, -0.05) is 38.5 Å². The molecule has 0 amide bonds. The van der Waals surface area contributed by atoms with Gasteiger partial charge in [0.1, 0.15) is 6.54 Å². The Balaban J connectivity index is 3.16. The molecule has 0 saturated carbocycles. The number of rotatable bonds is 13. The highest BCUT2D eigenvalue weighted by Crippen LogP contribution is 2.10. The van der Waals surface area contributed by atoms with Crippen molar-refractivity contribution in [2.75, 3.05) is 40.4 Å². The van der Waals surface area contributed by atoms with Crippen molar-refractivity contribution in [3.8, 4) is 0 Å². The van der Waals surface area contributed by atoms with Crippen molar-refractivity contribution < 1.29 is 14.7 Å². The molecule has 3 heteroatoms. The molecule has 0 atom stereocenters. The summed E-state index contributed by atoms with van der Waals surface area (Å²) in [4.78, 5) is 0. The van der Waals surface area contributed by atoms with E-state index in [1.165, 1.54) is 57.9 Å². The van der Waals surface area contributed by atoms with E-state index in [1.807, 2.05) is 0 Å². The first-order valence-electron chi connectivity index (χ1n) is 7.66. The number of quaternary nitrogens is 1. The van der Waals surface area contributed by atoms with Crippen LogP contribution in [0, 0.1) is 0 Å². The molecule has 18 heavy (non-hydrogen) atoms. The number of nitrogens with zero attached hydrogens (tertiary/aromatic N) is 1. The van der Waals surface area contributed by atoms with E-state index in [2.05, 4.69) is 14.1 Å². The van der Waals surface area contributed by atoms with Crippen LogP contribution in [0.1, 0.15) is 57.8 Å². The Morgan fingerprint density at radius 2 is 1.00 bits per heavy atom. The topological polar surface area (TPSA) is 40.5 Å². The smallest absolute Gasteiger partial charge is 0.102 e. The minimum Gasteiger partial charge on any atom is -0.396 e. The monoisotopic (exact) mass is 260 g/mol. The summed E-state index contributed by atoms with van der Waals surface area (Å²) in [6.45, 7) is 2.69. The summed E-state index contributed by atoms with van der Waals surface area (Å²) in [5.41, 5.74) is 0. The van der Waals surface area contributed by atoms with E-state index in [9.17, 15) is 0 Å². The average Bonchev–Trinajstić information content (AvgIpc) is 2.31. The molecule has 0 fully saturated rings. The summed E-state index contributed by atoms with van der Waals surface area (Å²) in [6, 6.07) is 0. The van der Waals surface area contributed by atoms with Crippen LogP contribution >= 0.6 is 0 Å². The summed E-state index contributed by atoms with van der Waals surface area (Å²) >= 11 is 0. The van der Waals surface area contributed by atoms with E-state index in [0.717, 1.165) is 17.4 Å². The second-order valence-electron chi connectivity index (χ2n) is 6.01. The van der Waals surface area contributed by atoms with Gasteiger partial charge in [0.15, 0.2) is 0 Å². The van der Waals surface area contributed by atoms with Crippen LogP contribution in [0.15, 0.2) is 0 Å². The van der Waals surface area contributed by atoms with Crippen molar-refractivity contribution in [1.82, 2.24) is 0 Å². The average molecular weight is 260 g/mol. The molecule has 2 N–H and O–H groups in total. The first kappa shape index (κ1) is 17.9. The zero-order chi connectivity index (χ0) is 13.7.